The number of rotatable bonds is 6. The van der Waals surface area contributed by atoms with E-state index in [2.05, 4.69) is 5.32 Å². The lowest BCUT2D eigenvalue weighted by Gasteiger charge is -2.15. The molecule has 17 heavy (non-hydrogen) atoms. The molecule has 0 spiro atoms. The van der Waals surface area contributed by atoms with Gasteiger partial charge in [-0.15, -0.1) is 0 Å². The van der Waals surface area contributed by atoms with E-state index in [0.29, 0.717) is 5.56 Å². The number of benzene rings is 1. The lowest BCUT2D eigenvalue weighted by Crippen LogP contribution is -2.27. The maximum Gasteiger partial charge on any atom is 0.305 e. The number of aliphatic hydroxyl groups excluding tert-OH is 2. The fraction of sp³-hybridized carbons (Fsp3) is 0.400. The minimum Gasteiger partial charge on any atom is -0.395 e. The van der Waals surface area contributed by atoms with Crippen molar-refractivity contribution in [2.24, 2.45) is 0 Å². The average molecular weight is 244 g/mol. The van der Waals surface area contributed by atoms with E-state index >= 15 is 0 Å². The van der Waals surface area contributed by atoms with Crippen molar-refractivity contribution in [3.63, 3.8) is 0 Å². The van der Waals surface area contributed by atoms with Crippen molar-refractivity contribution in [1.82, 2.24) is 5.32 Å². The van der Waals surface area contributed by atoms with E-state index in [4.69, 9.17) is 10.2 Å². The van der Waals surface area contributed by atoms with Gasteiger partial charge < -0.3 is 15.5 Å². The van der Waals surface area contributed by atoms with Crippen molar-refractivity contribution in [1.29, 1.82) is 0 Å². The zero-order valence-electron chi connectivity index (χ0n) is 8.97. The normalized spacial score (nSPS) is 12.4. The predicted octanol–water partition coefficient (Wildman–Crippen LogP) is 0.349. The van der Waals surface area contributed by atoms with Gasteiger partial charge in [0.25, 0.3) is 0 Å². The molecule has 1 aromatic rings. The highest BCUT2D eigenvalue weighted by atomic mass is 19.1. The highest BCUT2D eigenvalue weighted by molar-refractivity contribution is 5.37. The summed E-state index contributed by atoms with van der Waals surface area (Å²) in [6.45, 7) is -0.195. The molecule has 1 atom stereocenters. The van der Waals surface area contributed by atoms with E-state index < -0.39 is 22.5 Å². The van der Waals surface area contributed by atoms with Crippen LogP contribution >= 0.6 is 0 Å². The van der Waals surface area contributed by atoms with Crippen LogP contribution in [0.1, 0.15) is 11.6 Å². The van der Waals surface area contributed by atoms with Crippen LogP contribution in [-0.4, -0.2) is 34.9 Å². The summed E-state index contributed by atoms with van der Waals surface area (Å²) in [6, 6.07) is 2.84. The van der Waals surface area contributed by atoms with Gasteiger partial charge in [0.05, 0.1) is 24.2 Å². The summed E-state index contributed by atoms with van der Waals surface area (Å²) < 4.78 is 13.1. The highest BCUT2D eigenvalue weighted by Crippen LogP contribution is 2.22. The topological polar surface area (TPSA) is 95.6 Å². The molecule has 0 bridgehead atoms. The second-order valence-electron chi connectivity index (χ2n) is 3.38. The number of nitrogens with zero attached hydrogens (tertiary/aromatic N) is 1. The Morgan fingerprint density at radius 3 is 2.71 bits per heavy atom. The van der Waals surface area contributed by atoms with Gasteiger partial charge in [0.15, 0.2) is 0 Å². The zero-order valence-corrected chi connectivity index (χ0v) is 8.97. The molecule has 0 aliphatic carbocycles. The molecule has 7 heteroatoms. The number of nitro benzene ring substituents is 1. The zero-order chi connectivity index (χ0) is 12.8. The van der Waals surface area contributed by atoms with E-state index in [9.17, 15) is 14.5 Å². The standard InChI is InChI=1S/C10H13FN2O4/c11-8-2-1-7(5-10(8)13(16)17)9(6-15)12-3-4-14/h1-2,5,9,12,14-15H,3-4,6H2. The average Bonchev–Trinajstić information content (AvgIpc) is 2.31. The maximum absolute atomic E-state index is 13.1. The lowest BCUT2D eigenvalue weighted by molar-refractivity contribution is -0.387. The van der Waals surface area contributed by atoms with Gasteiger partial charge in [-0.3, -0.25) is 10.1 Å². The summed E-state index contributed by atoms with van der Waals surface area (Å²) in [5.41, 5.74) is -0.235. The molecule has 0 saturated carbocycles. The summed E-state index contributed by atoms with van der Waals surface area (Å²) >= 11 is 0. The fourth-order valence-electron chi connectivity index (χ4n) is 1.41. The first-order valence-corrected chi connectivity index (χ1v) is 4.99. The first-order valence-electron chi connectivity index (χ1n) is 4.99. The van der Waals surface area contributed by atoms with Gasteiger partial charge in [0.2, 0.25) is 5.82 Å². The van der Waals surface area contributed by atoms with Crippen molar-refractivity contribution < 1.29 is 19.5 Å². The second kappa shape index (κ2) is 6.24. The van der Waals surface area contributed by atoms with E-state index in [1.165, 1.54) is 6.07 Å². The molecule has 1 aromatic carbocycles. The smallest absolute Gasteiger partial charge is 0.305 e. The van der Waals surface area contributed by atoms with Gasteiger partial charge in [0.1, 0.15) is 0 Å². The molecule has 0 saturated heterocycles. The number of aliphatic hydroxyl groups is 2. The Bertz CT molecular complexity index is 400. The van der Waals surface area contributed by atoms with E-state index in [1.54, 1.807) is 0 Å². The molecule has 0 aliphatic rings. The predicted molar refractivity (Wildman–Crippen MR) is 58.0 cm³/mol. The Morgan fingerprint density at radius 2 is 2.18 bits per heavy atom. The lowest BCUT2D eigenvalue weighted by atomic mass is 10.1. The van der Waals surface area contributed by atoms with Crippen molar-refractivity contribution in [3.05, 3.63) is 39.7 Å². The monoisotopic (exact) mass is 244 g/mol. The number of nitrogens with one attached hydrogen (secondary N) is 1. The number of hydrogen-bond acceptors (Lipinski definition) is 5. The van der Waals surface area contributed by atoms with Crippen LogP contribution in [0.15, 0.2) is 18.2 Å². The Hall–Kier alpha value is -1.57. The molecule has 0 heterocycles. The summed E-state index contributed by atoms with van der Waals surface area (Å²) in [7, 11) is 0. The third-order valence-electron chi connectivity index (χ3n) is 2.25. The molecule has 0 aromatic heterocycles. The summed E-state index contributed by atoms with van der Waals surface area (Å²) in [4.78, 5) is 9.72. The Balaban J connectivity index is 2.96. The van der Waals surface area contributed by atoms with Gasteiger partial charge in [0, 0.05) is 12.6 Å². The SMILES string of the molecule is O=[N+]([O-])c1cc(C(CO)NCCO)ccc1F. The van der Waals surface area contributed by atoms with Crippen molar-refractivity contribution >= 4 is 5.69 Å². The van der Waals surface area contributed by atoms with Crippen molar-refractivity contribution in [3.8, 4) is 0 Å². The van der Waals surface area contributed by atoms with Gasteiger partial charge in [-0.1, -0.05) is 6.07 Å². The third-order valence-corrected chi connectivity index (χ3v) is 2.25. The Labute approximate surface area is 96.8 Å². The number of halogens is 1. The maximum atomic E-state index is 13.1. The van der Waals surface area contributed by atoms with Crippen LogP contribution in [-0.2, 0) is 0 Å². The number of hydrogen-bond donors (Lipinski definition) is 3. The molecule has 0 amide bonds. The van der Waals surface area contributed by atoms with Crippen LogP contribution < -0.4 is 5.32 Å². The van der Waals surface area contributed by atoms with Crippen LogP contribution in [0.3, 0.4) is 0 Å². The minimum absolute atomic E-state index is 0.125. The van der Waals surface area contributed by atoms with E-state index in [1.807, 2.05) is 0 Å². The van der Waals surface area contributed by atoms with Gasteiger partial charge in [-0.2, -0.15) is 4.39 Å². The van der Waals surface area contributed by atoms with Crippen LogP contribution in [0.2, 0.25) is 0 Å². The van der Waals surface area contributed by atoms with Gasteiger partial charge >= 0.3 is 5.69 Å². The first-order chi connectivity index (χ1) is 8.10. The van der Waals surface area contributed by atoms with Crippen LogP contribution in [0.5, 0.6) is 0 Å². The molecule has 6 nitrogen and oxygen atoms in total. The van der Waals surface area contributed by atoms with Crippen molar-refractivity contribution in [2.75, 3.05) is 19.8 Å². The van der Waals surface area contributed by atoms with E-state index in [-0.39, 0.29) is 19.8 Å². The molecule has 3 N–H and O–H groups in total. The summed E-state index contributed by atoms with van der Waals surface area (Å²) in [6.07, 6.45) is 0. The fourth-order valence-corrected chi connectivity index (χ4v) is 1.41. The number of nitro groups is 1. The van der Waals surface area contributed by atoms with Gasteiger partial charge in [-0.05, 0) is 11.6 Å². The summed E-state index contributed by atoms with van der Waals surface area (Å²) in [5.74, 6) is -0.919. The quantitative estimate of drug-likeness (QED) is 0.495. The molecule has 0 fully saturated rings. The summed E-state index contributed by atoms with van der Waals surface area (Å²) in [5, 5.41) is 31.0. The highest BCUT2D eigenvalue weighted by Gasteiger charge is 2.18. The van der Waals surface area contributed by atoms with Crippen LogP contribution in [0, 0.1) is 15.9 Å². The van der Waals surface area contributed by atoms with Crippen molar-refractivity contribution in [2.45, 2.75) is 6.04 Å². The molecule has 1 unspecified atom stereocenters. The molecule has 0 aliphatic heterocycles. The van der Waals surface area contributed by atoms with Crippen LogP contribution in [0.4, 0.5) is 10.1 Å². The molecular formula is C10H13FN2O4. The molecular weight excluding hydrogens is 231 g/mol. The molecule has 1 rings (SSSR count). The largest absolute Gasteiger partial charge is 0.395 e. The molecule has 94 valence electrons. The Morgan fingerprint density at radius 1 is 1.47 bits per heavy atom. The van der Waals surface area contributed by atoms with Crippen LogP contribution in [0.25, 0.3) is 0 Å². The van der Waals surface area contributed by atoms with E-state index in [0.717, 1.165) is 12.1 Å². The third kappa shape index (κ3) is 3.45. The second-order valence-corrected chi connectivity index (χ2v) is 3.38. The first kappa shape index (κ1) is 13.5. The Kier molecular flexibility index (Phi) is 4.95. The minimum atomic E-state index is -0.919. The van der Waals surface area contributed by atoms with Gasteiger partial charge in [-0.25, -0.2) is 0 Å². The molecule has 0 radical (unpaired) electrons.